The third-order valence-electron chi connectivity index (χ3n) is 4.82. The van der Waals surface area contributed by atoms with Gasteiger partial charge in [0.15, 0.2) is 11.6 Å². The van der Waals surface area contributed by atoms with Gasteiger partial charge in [0.05, 0.1) is 17.6 Å². The van der Waals surface area contributed by atoms with E-state index in [9.17, 15) is 23.9 Å². The minimum Gasteiger partial charge on any atom is -0.483 e. The molecule has 1 amide bonds. The van der Waals surface area contributed by atoms with Gasteiger partial charge in [-0.3, -0.25) is 14.0 Å². The van der Waals surface area contributed by atoms with Gasteiger partial charge in [-0.25, -0.2) is 9.18 Å². The Labute approximate surface area is 154 Å². The highest BCUT2D eigenvalue weighted by Gasteiger charge is 2.32. The van der Waals surface area contributed by atoms with Gasteiger partial charge in [-0.2, -0.15) is 0 Å². The number of anilines is 1. The van der Waals surface area contributed by atoms with Crippen LogP contribution < -0.4 is 20.4 Å². The fraction of sp³-hybridized carbons (Fsp3) is 0.235. The number of amides is 1. The van der Waals surface area contributed by atoms with E-state index in [2.05, 4.69) is 5.32 Å². The van der Waals surface area contributed by atoms with Crippen LogP contribution in [0.15, 0.2) is 16.2 Å². The van der Waals surface area contributed by atoms with Crippen molar-refractivity contribution in [1.29, 1.82) is 0 Å². The zero-order valence-electron chi connectivity index (χ0n) is 13.7. The number of aromatic carboxylic acids is 1. The Morgan fingerprint density at radius 1 is 1.37 bits per heavy atom. The predicted molar refractivity (Wildman–Crippen MR) is 95.5 cm³/mol. The number of ether oxygens (including phenoxy) is 1. The van der Waals surface area contributed by atoms with Crippen molar-refractivity contribution in [3.05, 3.63) is 38.7 Å². The lowest BCUT2D eigenvalue weighted by atomic mass is 10.1. The fourth-order valence-corrected chi connectivity index (χ4v) is 4.74. The number of carbonyl (C=O) groups excluding carboxylic acids is 1. The molecule has 4 heterocycles. The number of benzene rings is 1. The molecule has 2 aliphatic rings. The molecule has 5 rings (SSSR count). The molecule has 138 valence electrons. The minimum atomic E-state index is -1.35. The van der Waals surface area contributed by atoms with E-state index < -0.39 is 17.2 Å². The van der Waals surface area contributed by atoms with Crippen LogP contribution in [0.3, 0.4) is 0 Å². The number of hydrogen-bond acceptors (Lipinski definition) is 6. The summed E-state index contributed by atoms with van der Waals surface area (Å²) in [6, 6.07) is 1.04. The van der Waals surface area contributed by atoms with Crippen molar-refractivity contribution >= 4 is 44.6 Å². The van der Waals surface area contributed by atoms with Crippen LogP contribution in [0.1, 0.15) is 16.1 Å². The molecule has 0 saturated carbocycles. The highest BCUT2D eigenvalue weighted by molar-refractivity contribution is 7.16. The number of pyridine rings is 1. The summed E-state index contributed by atoms with van der Waals surface area (Å²) in [5.41, 5.74) is 0.00916. The summed E-state index contributed by atoms with van der Waals surface area (Å²) >= 11 is 1.13. The lowest BCUT2D eigenvalue weighted by molar-refractivity contribution is -0.120. The molecule has 1 saturated heterocycles. The van der Waals surface area contributed by atoms with E-state index >= 15 is 0 Å². The van der Waals surface area contributed by atoms with Gasteiger partial charge in [-0.15, -0.1) is 11.3 Å². The minimum absolute atomic E-state index is 0.0273. The van der Waals surface area contributed by atoms with Crippen molar-refractivity contribution in [2.45, 2.75) is 6.61 Å². The Hall–Kier alpha value is -3.14. The van der Waals surface area contributed by atoms with E-state index in [1.165, 1.54) is 0 Å². The maximum atomic E-state index is 15.0. The SMILES string of the molecule is O=C1CN(c2c(F)cc3c(=O)c(C(=O)O)c4scc5n4c3c2OC5)CCN1. The summed E-state index contributed by atoms with van der Waals surface area (Å²) < 4.78 is 22.4. The summed E-state index contributed by atoms with van der Waals surface area (Å²) in [6.07, 6.45) is 0. The smallest absolute Gasteiger partial charge is 0.342 e. The Bertz CT molecular complexity index is 1230. The third kappa shape index (κ3) is 2.10. The lowest BCUT2D eigenvalue weighted by Gasteiger charge is -2.31. The van der Waals surface area contributed by atoms with Crippen molar-refractivity contribution in [2.24, 2.45) is 0 Å². The fourth-order valence-electron chi connectivity index (χ4n) is 3.70. The second-order valence-corrected chi connectivity index (χ2v) is 7.23. The molecule has 8 nitrogen and oxygen atoms in total. The van der Waals surface area contributed by atoms with E-state index in [1.54, 1.807) is 14.7 Å². The van der Waals surface area contributed by atoms with Gasteiger partial charge < -0.3 is 20.1 Å². The maximum absolute atomic E-state index is 15.0. The van der Waals surface area contributed by atoms with Crippen molar-refractivity contribution in [3.8, 4) is 5.75 Å². The molecule has 2 aliphatic heterocycles. The number of thiazole rings is 1. The van der Waals surface area contributed by atoms with Crippen molar-refractivity contribution in [2.75, 3.05) is 24.5 Å². The number of aromatic nitrogens is 1. The summed E-state index contributed by atoms with van der Waals surface area (Å²) in [5, 5.41) is 13.8. The van der Waals surface area contributed by atoms with E-state index in [-0.39, 0.29) is 46.3 Å². The normalized spacial score (nSPS) is 16.0. The van der Waals surface area contributed by atoms with Gasteiger partial charge >= 0.3 is 5.97 Å². The average Bonchev–Trinajstić information content (AvgIpc) is 3.04. The molecule has 1 aromatic carbocycles. The monoisotopic (exact) mass is 389 g/mol. The zero-order valence-corrected chi connectivity index (χ0v) is 14.6. The number of nitrogens with zero attached hydrogens (tertiary/aromatic N) is 2. The summed E-state index contributed by atoms with van der Waals surface area (Å²) in [7, 11) is 0. The van der Waals surface area contributed by atoms with Gasteiger partial charge in [0.1, 0.15) is 28.2 Å². The summed E-state index contributed by atoms with van der Waals surface area (Å²) in [4.78, 5) is 38.0. The molecule has 10 heteroatoms. The van der Waals surface area contributed by atoms with Crippen LogP contribution in [0.5, 0.6) is 5.75 Å². The van der Waals surface area contributed by atoms with E-state index in [0.717, 1.165) is 17.4 Å². The number of nitrogens with one attached hydrogen (secondary N) is 1. The van der Waals surface area contributed by atoms with Crippen molar-refractivity contribution < 1.29 is 23.8 Å². The molecule has 0 spiro atoms. The molecular formula is C17H12FN3O5S. The molecule has 0 bridgehead atoms. The first-order valence-corrected chi connectivity index (χ1v) is 9.04. The first-order valence-electron chi connectivity index (χ1n) is 8.16. The summed E-state index contributed by atoms with van der Waals surface area (Å²) in [5.74, 6) is -2.15. The third-order valence-corrected chi connectivity index (χ3v) is 5.82. The first-order chi connectivity index (χ1) is 13.0. The molecule has 0 aliphatic carbocycles. The Morgan fingerprint density at radius 2 is 2.19 bits per heavy atom. The molecular weight excluding hydrogens is 377 g/mol. The van der Waals surface area contributed by atoms with Crippen LogP contribution in [-0.4, -0.2) is 41.0 Å². The van der Waals surface area contributed by atoms with Gasteiger partial charge in [0.25, 0.3) is 0 Å². The van der Waals surface area contributed by atoms with E-state index in [4.69, 9.17) is 4.74 Å². The Balaban J connectivity index is 1.92. The van der Waals surface area contributed by atoms with Crippen LogP contribution >= 0.6 is 11.3 Å². The highest BCUT2D eigenvalue weighted by Crippen LogP contribution is 2.42. The van der Waals surface area contributed by atoms with Crippen molar-refractivity contribution in [1.82, 2.24) is 9.72 Å². The lowest BCUT2D eigenvalue weighted by Crippen LogP contribution is -2.48. The summed E-state index contributed by atoms with van der Waals surface area (Å²) in [6.45, 7) is 0.847. The number of hydrogen-bond donors (Lipinski definition) is 2. The Kier molecular flexibility index (Phi) is 3.23. The quantitative estimate of drug-likeness (QED) is 0.683. The predicted octanol–water partition coefficient (Wildman–Crippen LogP) is 1.18. The second kappa shape index (κ2) is 5.43. The van der Waals surface area contributed by atoms with Crippen LogP contribution in [0.25, 0.3) is 15.7 Å². The van der Waals surface area contributed by atoms with Crippen LogP contribution in [0.2, 0.25) is 0 Å². The molecule has 1 fully saturated rings. The van der Waals surface area contributed by atoms with E-state index in [1.807, 2.05) is 0 Å². The van der Waals surface area contributed by atoms with Crippen LogP contribution in [-0.2, 0) is 11.4 Å². The average molecular weight is 389 g/mol. The number of halogens is 1. The molecule has 0 atom stereocenters. The number of rotatable bonds is 2. The standard InChI is InChI=1S/C17H12FN3O5S/c18-9-3-8-12-15(13(9)20-2-1-19-10(22)4-20)26-5-7-6-27-16(21(7)12)11(14(8)23)17(24)25/h3,6H,1-2,4-5H2,(H,19,22)(H,24,25). The number of carboxylic acids is 1. The van der Waals surface area contributed by atoms with Gasteiger partial charge in [-0.1, -0.05) is 0 Å². The largest absolute Gasteiger partial charge is 0.483 e. The molecule has 2 N–H and O–H groups in total. The molecule has 3 aromatic rings. The van der Waals surface area contributed by atoms with Gasteiger partial charge in [-0.05, 0) is 6.07 Å². The molecule has 0 unspecified atom stereocenters. The number of carbonyl (C=O) groups is 2. The topological polar surface area (TPSA) is 100 Å². The molecule has 2 aromatic heterocycles. The van der Waals surface area contributed by atoms with E-state index in [0.29, 0.717) is 24.3 Å². The molecule has 0 radical (unpaired) electrons. The molecule has 27 heavy (non-hydrogen) atoms. The van der Waals surface area contributed by atoms with Crippen molar-refractivity contribution in [3.63, 3.8) is 0 Å². The second-order valence-electron chi connectivity index (χ2n) is 6.37. The van der Waals surface area contributed by atoms with Gasteiger partial charge in [0, 0.05) is 18.5 Å². The van der Waals surface area contributed by atoms with Crippen LogP contribution in [0, 0.1) is 5.82 Å². The first kappa shape index (κ1) is 16.1. The number of piperazine rings is 1. The maximum Gasteiger partial charge on any atom is 0.342 e. The number of carboxylic acid groups (broad SMARTS) is 1. The highest BCUT2D eigenvalue weighted by atomic mass is 32.1. The van der Waals surface area contributed by atoms with Gasteiger partial charge in [0.2, 0.25) is 11.3 Å². The van der Waals surface area contributed by atoms with Crippen LogP contribution in [0.4, 0.5) is 10.1 Å². The zero-order chi connectivity index (χ0) is 18.9. The Morgan fingerprint density at radius 3 is 2.93 bits per heavy atom.